The van der Waals surface area contributed by atoms with Gasteiger partial charge >= 0.3 is 0 Å². The number of nitrogens with zero attached hydrogens (tertiary/aromatic N) is 1. The van der Waals surface area contributed by atoms with Crippen LogP contribution in [0.3, 0.4) is 0 Å². The number of ether oxygens (including phenoxy) is 2. The Morgan fingerprint density at radius 2 is 1.85 bits per heavy atom. The molecule has 1 aromatic rings. The summed E-state index contributed by atoms with van der Waals surface area (Å²) in [4.78, 5) is 2.53. The first kappa shape index (κ1) is 13.7. The molecule has 2 heterocycles. The van der Waals surface area contributed by atoms with Crippen LogP contribution in [0.1, 0.15) is 30.9 Å². The molecule has 1 saturated heterocycles. The van der Waals surface area contributed by atoms with E-state index in [0.717, 1.165) is 50.6 Å². The summed E-state index contributed by atoms with van der Waals surface area (Å²) in [6.45, 7) is 10.5. The van der Waals surface area contributed by atoms with Crippen LogP contribution in [0.25, 0.3) is 0 Å². The normalized spacial score (nSPS) is 18.8. The molecule has 0 aromatic heterocycles. The lowest BCUT2D eigenvalue weighted by molar-refractivity contribution is 0.174. The number of benzene rings is 1. The average Bonchev–Trinajstić information content (AvgIpc) is 2.92. The minimum Gasteiger partial charge on any atom is -0.454 e. The van der Waals surface area contributed by atoms with Crippen molar-refractivity contribution in [3.8, 4) is 11.5 Å². The molecule has 110 valence electrons. The van der Waals surface area contributed by atoms with Crippen LogP contribution in [0.15, 0.2) is 12.1 Å². The third kappa shape index (κ3) is 2.91. The Morgan fingerprint density at radius 3 is 2.55 bits per heavy atom. The molecule has 0 saturated carbocycles. The molecule has 0 radical (unpaired) electrons. The predicted octanol–water partition coefficient (Wildman–Crippen LogP) is 1.99. The van der Waals surface area contributed by atoms with Crippen LogP contribution in [-0.4, -0.2) is 44.4 Å². The van der Waals surface area contributed by atoms with Crippen molar-refractivity contribution >= 4 is 0 Å². The number of piperazine rings is 1. The van der Waals surface area contributed by atoms with Crippen molar-refractivity contribution in [3.05, 3.63) is 23.3 Å². The number of hydrogen-bond donors (Lipinski definition) is 1. The lowest BCUT2D eigenvalue weighted by Crippen LogP contribution is -2.44. The highest BCUT2D eigenvalue weighted by Crippen LogP contribution is 2.37. The van der Waals surface area contributed by atoms with Gasteiger partial charge in [0.1, 0.15) is 0 Å². The molecule has 20 heavy (non-hydrogen) atoms. The van der Waals surface area contributed by atoms with Crippen LogP contribution < -0.4 is 14.8 Å². The SMILES string of the molecule is CC(C)c1cc2c(cc1CCN1CCNCC1)OCO2. The van der Waals surface area contributed by atoms with Gasteiger partial charge in [-0.1, -0.05) is 13.8 Å². The summed E-state index contributed by atoms with van der Waals surface area (Å²) < 4.78 is 11.0. The van der Waals surface area contributed by atoms with Gasteiger partial charge in [0.05, 0.1) is 0 Å². The van der Waals surface area contributed by atoms with E-state index in [9.17, 15) is 0 Å². The monoisotopic (exact) mass is 276 g/mol. The third-order valence-corrected chi connectivity index (χ3v) is 4.16. The second-order valence-corrected chi connectivity index (χ2v) is 5.90. The van der Waals surface area contributed by atoms with Crippen LogP contribution in [0.4, 0.5) is 0 Å². The maximum Gasteiger partial charge on any atom is 0.231 e. The maximum atomic E-state index is 5.52. The first-order chi connectivity index (χ1) is 9.74. The minimum absolute atomic E-state index is 0.355. The fourth-order valence-corrected chi connectivity index (χ4v) is 2.97. The van der Waals surface area contributed by atoms with Crippen LogP contribution in [-0.2, 0) is 6.42 Å². The van der Waals surface area contributed by atoms with Gasteiger partial charge in [-0.15, -0.1) is 0 Å². The minimum atomic E-state index is 0.355. The van der Waals surface area contributed by atoms with Gasteiger partial charge in [-0.3, -0.25) is 0 Å². The van der Waals surface area contributed by atoms with E-state index < -0.39 is 0 Å². The highest BCUT2D eigenvalue weighted by molar-refractivity contribution is 5.49. The highest BCUT2D eigenvalue weighted by atomic mass is 16.7. The van der Waals surface area contributed by atoms with E-state index in [1.165, 1.54) is 11.1 Å². The molecule has 0 bridgehead atoms. The predicted molar refractivity (Wildman–Crippen MR) is 79.7 cm³/mol. The lowest BCUT2D eigenvalue weighted by Gasteiger charge is -2.27. The molecule has 4 nitrogen and oxygen atoms in total. The van der Waals surface area contributed by atoms with Gasteiger partial charge in [0, 0.05) is 32.7 Å². The molecule has 3 rings (SSSR count). The van der Waals surface area contributed by atoms with Crippen molar-refractivity contribution in [3.63, 3.8) is 0 Å². The largest absolute Gasteiger partial charge is 0.454 e. The second kappa shape index (κ2) is 6.02. The Hall–Kier alpha value is -1.26. The summed E-state index contributed by atoms with van der Waals surface area (Å²) in [6, 6.07) is 4.35. The zero-order valence-corrected chi connectivity index (χ0v) is 12.4. The summed E-state index contributed by atoms with van der Waals surface area (Å²) in [5.74, 6) is 2.33. The summed E-state index contributed by atoms with van der Waals surface area (Å²) in [6.07, 6.45) is 1.09. The summed E-state index contributed by atoms with van der Waals surface area (Å²) in [5, 5.41) is 3.40. The quantitative estimate of drug-likeness (QED) is 0.912. The Labute approximate surface area is 121 Å². The number of fused-ring (bicyclic) bond motifs is 1. The van der Waals surface area contributed by atoms with Crippen molar-refractivity contribution in [2.75, 3.05) is 39.5 Å². The maximum absolute atomic E-state index is 5.52. The van der Waals surface area contributed by atoms with E-state index in [0.29, 0.717) is 12.7 Å². The van der Waals surface area contributed by atoms with E-state index in [1.807, 2.05) is 0 Å². The zero-order valence-electron chi connectivity index (χ0n) is 12.4. The van der Waals surface area contributed by atoms with Crippen molar-refractivity contribution < 1.29 is 9.47 Å². The zero-order chi connectivity index (χ0) is 13.9. The molecule has 2 aliphatic heterocycles. The molecule has 4 heteroatoms. The number of hydrogen-bond acceptors (Lipinski definition) is 4. The van der Waals surface area contributed by atoms with Gasteiger partial charge in [0.2, 0.25) is 6.79 Å². The summed E-state index contributed by atoms with van der Waals surface area (Å²) in [5.41, 5.74) is 2.80. The van der Waals surface area contributed by atoms with Crippen LogP contribution in [0.2, 0.25) is 0 Å². The average molecular weight is 276 g/mol. The molecule has 1 aromatic carbocycles. The fourth-order valence-electron chi connectivity index (χ4n) is 2.97. The van der Waals surface area contributed by atoms with Crippen molar-refractivity contribution in [1.82, 2.24) is 10.2 Å². The molecule has 0 aliphatic carbocycles. The standard InChI is InChI=1S/C16H24N2O2/c1-12(2)14-10-16-15(19-11-20-16)9-13(14)3-6-18-7-4-17-5-8-18/h9-10,12,17H,3-8,11H2,1-2H3. The van der Waals surface area contributed by atoms with E-state index in [4.69, 9.17) is 9.47 Å². The molecular formula is C16H24N2O2. The fraction of sp³-hybridized carbons (Fsp3) is 0.625. The summed E-state index contributed by atoms with van der Waals surface area (Å²) >= 11 is 0. The van der Waals surface area contributed by atoms with Gasteiger partial charge < -0.3 is 19.7 Å². The lowest BCUT2D eigenvalue weighted by atomic mass is 9.94. The summed E-state index contributed by atoms with van der Waals surface area (Å²) in [7, 11) is 0. The highest BCUT2D eigenvalue weighted by Gasteiger charge is 2.19. The van der Waals surface area contributed by atoms with Crippen molar-refractivity contribution in [2.45, 2.75) is 26.2 Å². The van der Waals surface area contributed by atoms with Crippen molar-refractivity contribution in [1.29, 1.82) is 0 Å². The van der Waals surface area contributed by atoms with Gasteiger partial charge in [0.25, 0.3) is 0 Å². The number of nitrogens with one attached hydrogen (secondary N) is 1. The molecule has 2 aliphatic rings. The Balaban J connectivity index is 1.73. The Bertz CT molecular complexity index is 468. The van der Waals surface area contributed by atoms with Crippen LogP contribution >= 0.6 is 0 Å². The molecule has 0 amide bonds. The van der Waals surface area contributed by atoms with Gasteiger partial charge in [-0.05, 0) is 35.6 Å². The Kier molecular flexibility index (Phi) is 4.13. The Morgan fingerprint density at radius 1 is 1.15 bits per heavy atom. The molecule has 1 N–H and O–H groups in total. The van der Waals surface area contributed by atoms with E-state index in [2.05, 4.69) is 36.2 Å². The first-order valence-electron chi connectivity index (χ1n) is 7.59. The second-order valence-electron chi connectivity index (χ2n) is 5.90. The smallest absolute Gasteiger partial charge is 0.231 e. The first-order valence-corrected chi connectivity index (χ1v) is 7.59. The van der Waals surface area contributed by atoms with Gasteiger partial charge in [-0.2, -0.15) is 0 Å². The van der Waals surface area contributed by atoms with E-state index in [1.54, 1.807) is 0 Å². The van der Waals surface area contributed by atoms with Crippen LogP contribution in [0, 0.1) is 0 Å². The molecular weight excluding hydrogens is 252 g/mol. The molecule has 0 atom stereocenters. The topological polar surface area (TPSA) is 33.7 Å². The van der Waals surface area contributed by atoms with Gasteiger partial charge in [-0.25, -0.2) is 0 Å². The van der Waals surface area contributed by atoms with Crippen molar-refractivity contribution in [2.24, 2.45) is 0 Å². The number of rotatable bonds is 4. The molecule has 0 spiro atoms. The van der Waals surface area contributed by atoms with Crippen LogP contribution in [0.5, 0.6) is 11.5 Å². The molecule has 0 unspecified atom stereocenters. The van der Waals surface area contributed by atoms with E-state index >= 15 is 0 Å². The van der Waals surface area contributed by atoms with Gasteiger partial charge in [0.15, 0.2) is 11.5 Å². The molecule has 1 fully saturated rings. The third-order valence-electron chi connectivity index (χ3n) is 4.16. The van der Waals surface area contributed by atoms with E-state index in [-0.39, 0.29) is 0 Å².